The Kier molecular flexibility index (Phi) is 10.00. The first-order valence-electron chi connectivity index (χ1n) is 11.5. The van der Waals surface area contributed by atoms with Crippen molar-refractivity contribution in [3.63, 3.8) is 0 Å². The lowest BCUT2D eigenvalue weighted by molar-refractivity contribution is -0.120. The molecule has 35 heavy (non-hydrogen) atoms. The van der Waals surface area contributed by atoms with Crippen LogP contribution in [0, 0.1) is 5.92 Å². The average molecular weight is 499 g/mol. The smallest absolute Gasteiger partial charge is 0.269 e. The summed E-state index contributed by atoms with van der Waals surface area (Å²) in [6.45, 7) is 0.679. The first-order valence-corrected chi connectivity index (χ1v) is 11.9. The average Bonchev–Trinajstić information content (AvgIpc) is 2.88. The number of ether oxygens (including phenoxy) is 2. The van der Waals surface area contributed by atoms with Crippen molar-refractivity contribution in [2.45, 2.75) is 32.1 Å². The van der Waals surface area contributed by atoms with Crippen molar-refractivity contribution in [1.82, 2.24) is 16.2 Å². The number of anilines is 1. The van der Waals surface area contributed by atoms with Crippen LogP contribution in [0.15, 0.2) is 48.5 Å². The second-order valence-electron chi connectivity index (χ2n) is 8.10. The quantitative estimate of drug-likeness (QED) is 0.251. The van der Waals surface area contributed by atoms with Gasteiger partial charge in [0.25, 0.3) is 11.8 Å². The van der Waals surface area contributed by atoms with E-state index in [1.54, 1.807) is 55.6 Å². The molecule has 1 saturated carbocycles. The van der Waals surface area contributed by atoms with Crippen LogP contribution in [0.2, 0.25) is 0 Å². The molecule has 0 bridgehead atoms. The van der Waals surface area contributed by atoms with Crippen LogP contribution < -0.4 is 26.2 Å². The number of para-hydroxylation sites is 1. The SMILES string of the molecule is COCCOc1ccccc1C(=O)NC(=S)NNC(=O)c1ccc(NC(=O)C2CCCCC2)cc1. The molecule has 9 nitrogen and oxygen atoms in total. The van der Waals surface area contributed by atoms with Gasteiger partial charge in [-0.15, -0.1) is 0 Å². The molecule has 2 aromatic carbocycles. The van der Waals surface area contributed by atoms with Gasteiger partial charge in [-0.1, -0.05) is 31.4 Å². The highest BCUT2D eigenvalue weighted by Crippen LogP contribution is 2.25. The predicted octanol–water partition coefficient (Wildman–Crippen LogP) is 3.18. The number of rotatable bonds is 8. The minimum Gasteiger partial charge on any atom is -0.490 e. The summed E-state index contributed by atoms with van der Waals surface area (Å²) < 4.78 is 10.5. The van der Waals surface area contributed by atoms with Gasteiger partial charge in [0, 0.05) is 24.3 Å². The molecular weight excluding hydrogens is 468 g/mol. The Morgan fingerprint density at radius 3 is 2.34 bits per heavy atom. The minimum atomic E-state index is -0.483. The van der Waals surface area contributed by atoms with Crippen LogP contribution in [0.3, 0.4) is 0 Å². The Labute approximate surface area is 209 Å². The number of carbonyl (C=O) groups is 3. The molecule has 0 heterocycles. The van der Waals surface area contributed by atoms with Crippen LogP contribution in [-0.2, 0) is 9.53 Å². The van der Waals surface area contributed by atoms with E-state index in [-0.39, 0.29) is 16.9 Å². The molecule has 0 saturated heterocycles. The molecule has 0 spiro atoms. The fourth-order valence-corrected chi connectivity index (χ4v) is 3.86. The molecule has 2 aromatic rings. The largest absolute Gasteiger partial charge is 0.490 e. The molecule has 4 N–H and O–H groups in total. The van der Waals surface area contributed by atoms with Crippen LogP contribution in [0.4, 0.5) is 5.69 Å². The number of amides is 3. The minimum absolute atomic E-state index is 0.0235. The van der Waals surface area contributed by atoms with Gasteiger partial charge in [-0.05, 0) is 61.5 Å². The lowest BCUT2D eigenvalue weighted by Gasteiger charge is -2.20. The fraction of sp³-hybridized carbons (Fsp3) is 0.360. The summed E-state index contributed by atoms with van der Waals surface area (Å²) in [6.07, 6.45) is 5.19. The zero-order chi connectivity index (χ0) is 25.0. The van der Waals surface area contributed by atoms with E-state index in [1.165, 1.54) is 6.42 Å². The standard InChI is InChI=1S/C25H30N4O5S/c1-33-15-16-34-21-10-6-5-9-20(21)24(32)27-25(35)29-28-23(31)18-11-13-19(14-12-18)26-22(30)17-7-3-2-4-8-17/h5-6,9-14,17H,2-4,7-8,15-16H2,1H3,(H,26,30)(H,28,31)(H2,27,29,32,35). The van der Waals surface area contributed by atoms with Crippen LogP contribution in [0.5, 0.6) is 5.75 Å². The van der Waals surface area contributed by atoms with Crippen molar-refractivity contribution in [1.29, 1.82) is 0 Å². The summed E-state index contributed by atoms with van der Waals surface area (Å²) in [5.74, 6) is -0.464. The summed E-state index contributed by atoms with van der Waals surface area (Å²) in [5.41, 5.74) is 6.25. The molecule has 0 atom stereocenters. The highest BCUT2D eigenvalue weighted by molar-refractivity contribution is 7.80. The van der Waals surface area contributed by atoms with Crippen LogP contribution in [0.1, 0.15) is 52.8 Å². The molecule has 10 heteroatoms. The van der Waals surface area contributed by atoms with Gasteiger partial charge in [0.05, 0.1) is 12.2 Å². The van der Waals surface area contributed by atoms with Gasteiger partial charge < -0.3 is 14.8 Å². The van der Waals surface area contributed by atoms with E-state index in [4.69, 9.17) is 21.7 Å². The van der Waals surface area contributed by atoms with Crippen LogP contribution in [0.25, 0.3) is 0 Å². The molecular formula is C25H30N4O5S. The van der Waals surface area contributed by atoms with Gasteiger partial charge in [0.2, 0.25) is 5.91 Å². The predicted molar refractivity (Wildman–Crippen MR) is 136 cm³/mol. The molecule has 0 radical (unpaired) electrons. The van der Waals surface area contributed by atoms with Crippen molar-refractivity contribution < 1.29 is 23.9 Å². The van der Waals surface area contributed by atoms with E-state index >= 15 is 0 Å². The second-order valence-corrected chi connectivity index (χ2v) is 8.51. The summed E-state index contributed by atoms with van der Waals surface area (Å²) >= 11 is 5.11. The van der Waals surface area contributed by atoms with Crippen molar-refractivity contribution in [2.75, 3.05) is 25.6 Å². The Morgan fingerprint density at radius 1 is 0.914 bits per heavy atom. The number of carbonyl (C=O) groups excluding carboxylic acids is 3. The molecule has 0 aromatic heterocycles. The van der Waals surface area contributed by atoms with E-state index in [2.05, 4.69) is 21.5 Å². The lowest BCUT2D eigenvalue weighted by atomic mass is 9.88. The molecule has 1 aliphatic rings. The van der Waals surface area contributed by atoms with E-state index < -0.39 is 11.8 Å². The highest BCUT2D eigenvalue weighted by Gasteiger charge is 2.21. The number of hydrogen-bond acceptors (Lipinski definition) is 6. The molecule has 1 aliphatic carbocycles. The molecule has 1 fully saturated rings. The molecule has 0 aliphatic heterocycles. The second kappa shape index (κ2) is 13.4. The normalized spacial score (nSPS) is 13.4. The Bertz CT molecular complexity index is 1040. The lowest BCUT2D eigenvalue weighted by Crippen LogP contribution is -2.48. The first kappa shape index (κ1) is 26.1. The third-order valence-corrected chi connectivity index (χ3v) is 5.79. The topological polar surface area (TPSA) is 118 Å². The summed E-state index contributed by atoms with van der Waals surface area (Å²) in [5, 5.41) is 5.34. The Balaban J connectivity index is 1.46. The van der Waals surface area contributed by atoms with E-state index in [9.17, 15) is 14.4 Å². The van der Waals surface area contributed by atoms with E-state index in [1.807, 2.05) is 0 Å². The zero-order valence-electron chi connectivity index (χ0n) is 19.6. The monoisotopic (exact) mass is 498 g/mol. The summed E-state index contributed by atoms with van der Waals surface area (Å²) in [6, 6.07) is 13.3. The maximum Gasteiger partial charge on any atom is 0.269 e. The number of nitrogens with one attached hydrogen (secondary N) is 4. The highest BCUT2D eigenvalue weighted by atomic mass is 32.1. The van der Waals surface area contributed by atoms with Crippen molar-refractivity contribution in [2.24, 2.45) is 5.92 Å². The maximum absolute atomic E-state index is 12.6. The molecule has 3 rings (SSSR count). The summed E-state index contributed by atoms with van der Waals surface area (Å²) in [4.78, 5) is 37.4. The number of methoxy groups -OCH3 is 1. The number of thiocarbonyl (C=S) groups is 1. The zero-order valence-corrected chi connectivity index (χ0v) is 20.4. The van der Waals surface area contributed by atoms with Gasteiger partial charge in [0.1, 0.15) is 12.4 Å². The van der Waals surface area contributed by atoms with Crippen molar-refractivity contribution in [3.05, 3.63) is 59.7 Å². The molecule has 186 valence electrons. The molecule has 0 unspecified atom stereocenters. The van der Waals surface area contributed by atoms with Crippen LogP contribution in [-0.4, -0.2) is 43.2 Å². The Morgan fingerprint density at radius 2 is 1.63 bits per heavy atom. The van der Waals surface area contributed by atoms with Gasteiger partial charge >= 0.3 is 0 Å². The summed E-state index contributed by atoms with van der Waals surface area (Å²) in [7, 11) is 1.56. The number of hydrazine groups is 1. The van der Waals surface area contributed by atoms with Gasteiger partial charge in [-0.3, -0.25) is 30.6 Å². The Hall–Kier alpha value is -3.50. The van der Waals surface area contributed by atoms with Gasteiger partial charge in [0.15, 0.2) is 5.11 Å². The number of benzene rings is 2. The molecule has 3 amide bonds. The number of hydrogen-bond donors (Lipinski definition) is 4. The third kappa shape index (κ3) is 8.04. The fourth-order valence-electron chi connectivity index (χ4n) is 3.72. The first-order chi connectivity index (χ1) is 17.0. The van der Waals surface area contributed by atoms with E-state index in [0.717, 1.165) is 25.7 Å². The van der Waals surface area contributed by atoms with E-state index in [0.29, 0.717) is 35.8 Å². The van der Waals surface area contributed by atoms with Gasteiger partial charge in [-0.25, -0.2) is 0 Å². The van der Waals surface area contributed by atoms with Gasteiger partial charge in [-0.2, -0.15) is 0 Å². The maximum atomic E-state index is 12.6. The van der Waals surface area contributed by atoms with Crippen molar-refractivity contribution >= 4 is 40.7 Å². The van der Waals surface area contributed by atoms with Crippen molar-refractivity contribution in [3.8, 4) is 5.75 Å². The third-order valence-electron chi connectivity index (χ3n) is 5.58. The van der Waals surface area contributed by atoms with Crippen LogP contribution >= 0.6 is 12.2 Å².